The van der Waals surface area contributed by atoms with Gasteiger partial charge in [0.1, 0.15) is 5.75 Å². The highest BCUT2D eigenvalue weighted by molar-refractivity contribution is 5.39. The second-order valence-corrected chi connectivity index (χ2v) is 2.79. The van der Waals surface area contributed by atoms with Crippen LogP contribution in [0.2, 0.25) is 0 Å². The van der Waals surface area contributed by atoms with Crippen LogP contribution in [0.4, 0.5) is 0 Å². The van der Waals surface area contributed by atoms with Gasteiger partial charge < -0.3 is 5.11 Å². The average molecular weight is 172 g/mol. The van der Waals surface area contributed by atoms with Crippen molar-refractivity contribution in [2.24, 2.45) is 0 Å². The quantitative estimate of drug-likeness (QED) is 0.702. The maximum atomic E-state index is 9.22. The molecule has 13 heavy (non-hydrogen) atoms. The molecule has 3 nitrogen and oxygen atoms in total. The molecule has 1 aromatic carbocycles. The standard InChI is InChI=1S/C10H8N2O/c1-7-2-8(4-10(13)3-7)9(5-11)6-12/h2-4,9,13H,1H3. The summed E-state index contributed by atoms with van der Waals surface area (Å²) in [6.07, 6.45) is 0. The highest BCUT2D eigenvalue weighted by Gasteiger charge is 2.09. The van der Waals surface area contributed by atoms with E-state index in [1.165, 1.54) is 6.07 Å². The van der Waals surface area contributed by atoms with Crippen molar-refractivity contribution < 1.29 is 5.11 Å². The van der Waals surface area contributed by atoms with Crippen molar-refractivity contribution in [2.45, 2.75) is 12.8 Å². The molecule has 0 saturated heterocycles. The molecule has 0 aromatic heterocycles. The molecule has 0 aliphatic heterocycles. The number of aryl methyl sites for hydroxylation is 1. The van der Waals surface area contributed by atoms with Gasteiger partial charge in [-0.25, -0.2) is 0 Å². The molecular weight excluding hydrogens is 164 g/mol. The van der Waals surface area contributed by atoms with Crippen molar-refractivity contribution in [3.05, 3.63) is 29.3 Å². The Morgan fingerprint density at radius 3 is 2.31 bits per heavy atom. The summed E-state index contributed by atoms with van der Waals surface area (Å²) in [7, 11) is 0. The fraction of sp³-hybridized carbons (Fsp3) is 0.200. The molecule has 1 rings (SSSR count). The zero-order chi connectivity index (χ0) is 9.84. The molecule has 1 aromatic rings. The minimum absolute atomic E-state index is 0.0884. The van der Waals surface area contributed by atoms with E-state index < -0.39 is 5.92 Å². The number of aromatic hydroxyl groups is 1. The fourth-order valence-electron chi connectivity index (χ4n) is 1.14. The molecule has 0 bridgehead atoms. The molecule has 0 aliphatic rings. The maximum absolute atomic E-state index is 9.22. The van der Waals surface area contributed by atoms with E-state index in [0.717, 1.165) is 5.56 Å². The Hall–Kier alpha value is -2.00. The molecule has 64 valence electrons. The number of phenolic OH excluding ortho intramolecular Hbond substituents is 1. The summed E-state index contributed by atoms with van der Waals surface area (Å²) >= 11 is 0. The van der Waals surface area contributed by atoms with Gasteiger partial charge in [-0.1, -0.05) is 6.07 Å². The minimum Gasteiger partial charge on any atom is -0.508 e. The molecule has 0 aliphatic carbocycles. The third-order valence-corrected chi connectivity index (χ3v) is 1.68. The first-order valence-corrected chi connectivity index (χ1v) is 3.77. The lowest BCUT2D eigenvalue weighted by Crippen LogP contribution is -1.92. The van der Waals surface area contributed by atoms with Gasteiger partial charge in [0.15, 0.2) is 5.92 Å². The van der Waals surface area contributed by atoms with Gasteiger partial charge >= 0.3 is 0 Å². The van der Waals surface area contributed by atoms with Crippen LogP contribution in [-0.4, -0.2) is 5.11 Å². The van der Waals surface area contributed by atoms with E-state index >= 15 is 0 Å². The highest BCUT2D eigenvalue weighted by Crippen LogP contribution is 2.21. The monoisotopic (exact) mass is 172 g/mol. The van der Waals surface area contributed by atoms with E-state index in [1.807, 2.05) is 12.1 Å². The Kier molecular flexibility index (Phi) is 2.52. The molecule has 0 amide bonds. The lowest BCUT2D eigenvalue weighted by atomic mass is 10.00. The van der Waals surface area contributed by atoms with E-state index in [0.29, 0.717) is 5.56 Å². The lowest BCUT2D eigenvalue weighted by Gasteiger charge is -2.02. The second kappa shape index (κ2) is 3.60. The van der Waals surface area contributed by atoms with Gasteiger partial charge in [0, 0.05) is 0 Å². The number of nitrogens with zero attached hydrogens (tertiary/aromatic N) is 2. The first-order valence-electron chi connectivity index (χ1n) is 3.77. The number of nitriles is 2. The Balaban J connectivity index is 3.17. The van der Waals surface area contributed by atoms with Crippen molar-refractivity contribution in [3.8, 4) is 17.9 Å². The van der Waals surface area contributed by atoms with Crippen LogP contribution in [0, 0.1) is 29.6 Å². The Labute approximate surface area is 76.5 Å². The SMILES string of the molecule is Cc1cc(O)cc(C(C#N)C#N)c1. The van der Waals surface area contributed by atoms with Crippen LogP contribution in [0.3, 0.4) is 0 Å². The topological polar surface area (TPSA) is 67.8 Å². The molecule has 0 spiro atoms. The van der Waals surface area contributed by atoms with Gasteiger partial charge in [0.25, 0.3) is 0 Å². The third kappa shape index (κ3) is 1.98. The zero-order valence-electron chi connectivity index (χ0n) is 7.15. The van der Waals surface area contributed by atoms with E-state index in [4.69, 9.17) is 10.5 Å². The Morgan fingerprint density at radius 2 is 1.85 bits per heavy atom. The smallest absolute Gasteiger partial charge is 0.158 e. The molecule has 0 atom stereocenters. The lowest BCUT2D eigenvalue weighted by molar-refractivity contribution is 0.474. The average Bonchev–Trinajstić information content (AvgIpc) is 2.04. The van der Waals surface area contributed by atoms with E-state index in [9.17, 15) is 5.11 Å². The van der Waals surface area contributed by atoms with Gasteiger partial charge in [0.2, 0.25) is 0 Å². The predicted octanol–water partition coefficient (Wildman–Crippen LogP) is 1.83. The molecule has 1 N–H and O–H groups in total. The Morgan fingerprint density at radius 1 is 1.23 bits per heavy atom. The summed E-state index contributed by atoms with van der Waals surface area (Å²) in [6.45, 7) is 1.80. The second-order valence-electron chi connectivity index (χ2n) is 2.79. The Bertz CT molecular complexity index is 364. The first-order chi connectivity index (χ1) is 6.17. The van der Waals surface area contributed by atoms with Crippen LogP contribution in [0.25, 0.3) is 0 Å². The van der Waals surface area contributed by atoms with Crippen molar-refractivity contribution in [3.63, 3.8) is 0 Å². The number of benzene rings is 1. The van der Waals surface area contributed by atoms with Gasteiger partial charge in [-0.15, -0.1) is 0 Å². The zero-order valence-corrected chi connectivity index (χ0v) is 7.15. The molecule has 0 fully saturated rings. The van der Waals surface area contributed by atoms with Crippen molar-refractivity contribution in [2.75, 3.05) is 0 Å². The number of phenols is 1. The van der Waals surface area contributed by atoms with Crippen molar-refractivity contribution in [1.29, 1.82) is 10.5 Å². The van der Waals surface area contributed by atoms with E-state index in [1.54, 1.807) is 19.1 Å². The summed E-state index contributed by atoms with van der Waals surface area (Å²) in [5, 5.41) is 26.4. The maximum Gasteiger partial charge on any atom is 0.158 e. The molecule has 3 heteroatoms. The van der Waals surface area contributed by atoms with E-state index in [-0.39, 0.29) is 5.75 Å². The van der Waals surface area contributed by atoms with E-state index in [2.05, 4.69) is 0 Å². The molecule has 0 radical (unpaired) electrons. The van der Waals surface area contributed by atoms with Crippen molar-refractivity contribution >= 4 is 0 Å². The number of hydrogen-bond donors (Lipinski definition) is 1. The molecule has 0 heterocycles. The highest BCUT2D eigenvalue weighted by atomic mass is 16.3. The van der Waals surface area contributed by atoms with Crippen LogP contribution >= 0.6 is 0 Å². The van der Waals surface area contributed by atoms with Crippen LogP contribution in [0.5, 0.6) is 5.75 Å². The van der Waals surface area contributed by atoms with Crippen molar-refractivity contribution in [1.82, 2.24) is 0 Å². The summed E-state index contributed by atoms with van der Waals surface area (Å²) in [5.41, 5.74) is 1.38. The van der Waals surface area contributed by atoms with Crippen LogP contribution < -0.4 is 0 Å². The third-order valence-electron chi connectivity index (χ3n) is 1.68. The predicted molar refractivity (Wildman–Crippen MR) is 46.8 cm³/mol. The summed E-state index contributed by atoms with van der Waals surface area (Å²) < 4.78 is 0. The number of rotatable bonds is 1. The van der Waals surface area contributed by atoms with Crippen LogP contribution in [0.15, 0.2) is 18.2 Å². The number of hydrogen-bond acceptors (Lipinski definition) is 3. The molecule has 0 saturated carbocycles. The van der Waals surface area contributed by atoms with Gasteiger partial charge in [0.05, 0.1) is 12.1 Å². The van der Waals surface area contributed by atoms with Crippen LogP contribution in [0.1, 0.15) is 17.0 Å². The normalized spacial score (nSPS) is 9.23. The fourth-order valence-corrected chi connectivity index (χ4v) is 1.14. The molecular formula is C10H8N2O. The van der Waals surface area contributed by atoms with Crippen LogP contribution in [-0.2, 0) is 0 Å². The minimum atomic E-state index is -0.800. The van der Waals surface area contributed by atoms with Gasteiger partial charge in [-0.05, 0) is 30.2 Å². The first kappa shape index (κ1) is 9.09. The largest absolute Gasteiger partial charge is 0.508 e. The summed E-state index contributed by atoms with van der Waals surface area (Å²) in [4.78, 5) is 0. The summed E-state index contributed by atoms with van der Waals surface area (Å²) in [6, 6.07) is 8.43. The summed E-state index contributed by atoms with van der Waals surface area (Å²) in [5.74, 6) is -0.712. The molecule has 0 unspecified atom stereocenters. The van der Waals surface area contributed by atoms with Gasteiger partial charge in [-0.2, -0.15) is 10.5 Å². The van der Waals surface area contributed by atoms with Gasteiger partial charge in [-0.3, -0.25) is 0 Å².